The van der Waals surface area contributed by atoms with Gasteiger partial charge < -0.3 is 9.73 Å². The van der Waals surface area contributed by atoms with Crippen LogP contribution in [0.5, 0.6) is 0 Å². The van der Waals surface area contributed by atoms with Crippen LogP contribution in [0.15, 0.2) is 45.5 Å². The molecular formula is C14H14BrNO2. The van der Waals surface area contributed by atoms with Gasteiger partial charge >= 0.3 is 0 Å². The highest BCUT2D eigenvalue weighted by Gasteiger charge is 2.15. The summed E-state index contributed by atoms with van der Waals surface area (Å²) >= 11 is 3.18. The van der Waals surface area contributed by atoms with Gasteiger partial charge in [0.1, 0.15) is 0 Å². The van der Waals surface area contributed by atoms with Crippen molar-refractivity contribution in [3.05, 3.63) is 58.0 Å². The maximum absolute atomic E-state index is 11.9. The number of furan rings is 1. The summed E-state index contributed by atoms with van der Waals surface area (Å²) in [7, 11) is 0. The number of halogens is 1. The molecule has 0 spiro atoms. The van der Waals surface area contributed by atoms with E-state index in [1.165, 1.54) is 0 Å². The third-order valence-electron chi connectivity index (χ3n) is 2.80. The molecule has 0 saturated carbocycles. The monoisotopic (exact) mass is 307 g/mol. The smallest absolute Gasteiger partial charge is 0.287 e. The van der Waals surface area contributed by atoms with Gasteiger partial charge in [0.15, 0.2) is 10.4 Å². The van der Waals surface area contributed by atoms with E-state index in [1.807, 2.05) is 38.1 Å². The Morgan fingerprint density at radius 2 is 2.00 bits per heavy atom. The lowest BCUT2D eigenvalue weighted by Crippen LogP contribution is -2.26. The Bertz CT molecular complexity index is 562. The number of aryl methyl sites for hydroxylation is 1. The van der Waals surface area contributed by atoms with Crippen molar-refractivity contribution in [2.24, 2.45) is 0 Å². The zero-order valence-corrected chi connectivity index (χ0v) is 11.8. The first kappa shape index (κ1) is 12.9. The van der Waals surface area contributed by atoms with Gasteiger partial charge in [-0.15, -0.1) is 0 Å². The third-order valence-corrected chi connectivity index (χ3v) is 3.23. The van der Waals surface area contributed by atoms with Gasteiger partial charge in [-0.05, 0) is 53.0 Å². The van der Waals surface area contributed by atoms with Crippen LogP contribution in [-0.4, -0.2) is 5.91 Å². The van der Waals surface area contributed by atoms with E-state index in [1.54, 1.807) is 12.1 Å². The van der Waals surface area contributed by atoms with Crippen molar-refractivity contribution in [1.82, 2.24) is 5.32 Å². The summed E-state index contributed by atoms with van der Waals surface area (Å²) in [5, 5.41) is 2.91. The molecule has 2 aromatic rings. The lowest BCUT2D eigenvalue weighted by atomic mass is 10.0. The maximum Gasteiger partial charge on any atom is 0.287 e. The fourth-order valence-electron chi connectivity index (χ4n) is 1.85. The number of benzene rings is 1. The summed E-state index contributed by atoms with van der Waals surface area (Å²) in [5.74, 6) is 0.0961. The summed E-state index contributed by atoms with van der Waals surface area (Å²) < 4.78 is 5.77. The molecule has 0 aliphatic carbocycles. The molecule has 1 aromatic heterocycles. The third kappa shape index (κ3) is 2.82. The Morgan fingerprint density at radius 3 is 2.61 bits per heavy atom. The summed E-state index contributed by atoms with van der Waals surface area (Å²) in [6, 6.07) is 11.3. The van der Waals surface area contributed by atoms with Gasteiger partial charge in [0, 0.05) is 0 Å². The number of hydrogen-bond acceptors (Lipinski definition) is 2. The van der Waals surface area contributed by atoms with E-state index >= 15 is 0 Å². The van der Waals surface area contributed by atoms with Crippen LogP contribution in [0.3, 0.4) is 0 Å². The van der Waals surface area contributed by atoms with E-state index in [2.05, 4.69) is 21.2 Å². The zero-order chi connectivity index (χ0) is 13.1. The predicted molar refractivity (Wildman–Crippen MR) is 73.5 cm³/mol. The summed E-state index contributed by atoms with van der Waals surface area (Å²) in [4.78, 5) is 11.9. The number of carbonyl (C=O) groups is 1. The summed E-state index contributed by atoms with van der Waals surface area (Å²) in [6.07, 6.45) is 0. The molecule has 18 heavy (non-hydrogen) atoms. The van der Waals surface area contributed by atoms with E-state index in [0.29, 0.717) is 10.4 Å². The molecule has 1 atom stereocenters. The SMILES string of the molecule is Cc1ccccc1C(C)NC(=O)c1ccc(Br)o1. The van der Waals surface area contributed by atoms with E-state index in [4.69, 9.17) is 4.42 Å². The Balaban J connectivity index is 2.10. The molecule has 2 rings (SSSR count). The second kappa shape index (κ2) is 5.40. The average Bonchev–Trinajstić information content (AvgIpc) is 2.76. The molecule has 1 aromatic carbocycles. The largest absolute Gasteiger partial charge is 0.444 e. The summed E-state index contributed by atoms with van der Waals surface area (Å²) in [5.41, 5.74) is 2.27. The van der Waals surface area contributed by atoms with Crippen LogP contribution in [0, 0.1) is 6.92 Å². The number of hydrogen-bond donors (Lipinski definition) is 1. The van der Waals surface area contributed by atoms with Gasteiger partial charge in [0.05, 0.1) is 6.04 Å². The second-order valence-corrected chi connectivity index (χ2v) is 4.94. The topological polar surface area (TPSA) is 42.2 Å². The van der Waals surface area contributed by atoms with Crippen molar-refractivity contribution in [3.63, 3.8) is 0 Å². The Kier molecular flexibility index (Phi) is 3.87. The van der Waals surface area contributed by atoms with Gasteiger partial charge in [0.2, 0.25) is 0 Å². The molecular weight excluding hydrogens is 294 g/mol. The highest BCUT2D eigenvalue weighted by atomic mass is 79.9. The van der Waals surface area contributed by atoms with Crippen molar-refractivity contribution in [2.75, 3.05) is 0 Å². The van der Waals surface area contributed by atoms with Crippen LogP contribution >= 0.6 is 15.9 Å². The molecule has 0 aliphatic heterocycles. The molecule has 1 amide bonds. The molecule has 0 bridgehead atoms. The van der Waals surface area contributed by atoms with Crippen molar-refractivity contribution in [3.8, 4) is 0 Å². The lowest BCUT2D eigenvalue weighted by Gasteiger charge is -2.15. The highest BCUT2D eigenvalue weighted by molar-refractivity contribution is 9.10. The van der Waals surface area contributed by atoms with Crippen LogP contribution in [0.25, 0.3) is 0 Å². The van der Waals surface area contributed by atoms with E-state index in [9.17, 15) is 4.79 Å². The van der Waals surface area contributed by atoms with Crippen molar-refractivity contribution >= 4 is 21.8 Å². The Labute approximate surface area is 114 Å². The quantitative estimate of drug-likeness (QED) is 0.936. The van der Waals surface area contributed by atoms with Crippen molar-refractivity contribution in [1.29, 1.82) is 0 Å². The van der Waals surface area contributed by atoms with Crippen LogP contribution in [-0.2, 0) is 0 Å². The van der Waals surface area contributed by atoms with E-state index in [-0.39, 0.29) is 11.9 Å². The minimum Gasteiger partial charge on any atom is -0.444 e. The molecule has 0 aliphatic rings. The molecule has 94 valence electrons. The molecule has 1 unspecified atom stereocenters. The molecule has 3 nitrogen and oxygen atoms in total. The Hall–Kier alpha value is -1.55. The molecule has 4 heteroatoms. The van der Waals surface area contributed by atoms with Gasteiger partial charge in [-0.2, -0.15) is 0 Å². The molecule has 1 N–H and O–H groups in total. The lowest BCUT2D eigenvalue weighted by molar-refractivity contribution is 0.0910. The molecule has 0 fully saturated rings. The first-order chi connectivity index (χ1) is 8.58. The highest BCUT2D eigenvalue weighted by Crippen LogP contribution is 2.18. The van der Waals surface area contributed by atoms with Crippen LogP contribution in [0.2, 0.25) is 0 Å². The first-order valence-electron chi connectivity index (χ1n) is 5.69. The molecule has 0 radical (unpaired) electrons. The first-order valence-corrected chi connectivity index (χ1v) is 6.49. The number of carbonyl (C=O) groups excluding carboxylic acids is 1. The number of nitrogens with one attached hydrogen (secondary N) is 1. The standard InChI is InChI=1S/C14H14BrNO2/c1-9-5-3-4-6-11(9)10(2)16-14(17)12-7-8-13(15)18-12/h3-8,10H,1-2H3,(H,16,17). The normalized spacial score (nSPS) is 12.2. The number of amides is 1. The second-order valence-electron chi connectivity index (χ2n) is 4.16. The van der Waals surface area contributed by atoms with Crippen LogP contribution < -0.4 is 5.32 Å². The van der Waals surface area contributed by atoms with Gasteiger partial charge in [-0.25, -0.2) is 0 Å². The Morgan fingerprint density at radius 1 is 1.28 bits per heavy atom. The minimum absolute atomic E-state index is 0.0532. The predicted octanol–water partition coefficient (Wildman–Crippen LogP) is 3.84. The minimum atomic E-state index is -0.212. The number of rotatable bonds is 3. The fraction of sp³-hybridized carbons (Fsp3) is 0.214. The van der Waals surface area contributed by atoms with Crippen LogP contribution in [0.1, 0.15) is 34.6 Å². The van der Waals surface area contributed by atoms with Gasteiger partial charge in [-0.1, -0.05) is 24.3 Å². The summed E-state index contributed by atoms with van der Waals surface area (Å²) in [6.45, 7) is 3.99. The van der Waals surface area contributed by atoms with Crippen molar-refractivity contribution < 1.29 is 9.21 Å². The molecule has 0 saturated heterocycles. The van der Waals surface area contributed by atoms with E-state index in [0.717, 1.165) is 11.1 Å². The van der Waals surface area contributed by atoms with Gasteiger partial charge in [-0.3, -0.25) is 4.79 Å². The zero-order valence-electron chi connectivity index (χ0n) is 10.2. The maximum atomic E-state index is 11.9. The van der Waals surface area contributed by atoms with Crippen molar-refractivity contribution in [2.45, 2.75) is 19.9 Å². The van der Waals surface area contributed by atoms with E-state index < -0.39 is 0 Å². The molecule has 1 heterocycles. The average molecular weight is 308 g/mol. The van der Waals surface area contributed by atoms with Crippen LogP contribution in [0.4, 0.5) is 0 Å². The fourth-order valence-corrected chi connectivity index (χ4v) is 2.16. The van der Waals surface area contributed by atoms with Gasteiger partial charge in [0.25, 0.3) is 5.91 Å².